The van der Waals surface area contributed by atoms with E-state index in [1.54, 1.807) is 11.1 Å². The van der Waals surface area contributed by atoms with E-state index in [-0.39, 0.29) is 12.0 Å². The van der Waals surface area contributed by atoms with Gasteiger partial charge in [-0.3, -0.25) is 9.78 Å². The molecule has 1 fully saturated rings. The molecular weight excluding hydrogens is 266 g/mol. The second-order valence-electron chi connectivity index (χ2n) is 5.58. The van der Waals surface area contributed by atoms with E-state index < -0.39 is 0 Å². The maximum absolute atomic E-state index is 12.6. The Morgan fingerprint density at radius 1 is 1.52 bits per heavy atom. The summed E-state index contributed by atoms with van der Waals surface area (Å²) in [6.07, 6.45) is 5.16. The van der Waals surface area contributed by atoms with Gasteiger partial charge in [0.25, 0.3) is 5.91 Å². The van der Waals surface area contributed by atoms with E-state index in [2.05, 4.69) is 10.3 Å². The van der Waals surface area contributed by atoms with Crippen molar-refractivity contribution in [2.45, 2.75) is 39.2 Å². The summed E-state index contributed by atoms with van der Waals surface area (Å²) in [4.78, 5) is 18.6. The highest BCUT2D eigenvalue weighted by molar-refractivity contribution is 5.99. The minimum atomic E-state index is -0.00683. The van der Waals surface area contributed by atoms with Gasteiger partial charge in [0.2, 0.25) is 0 Å². The number of likely N-dealkylation sites (N-methyl/N-ethyl adjacent to an activating group) is 1. The molecule has 0 radical (unpaired) electrons. The van der Waals surface area contributed by atoms with Gasteiger partial charge in [0.15, 0.2) is 0 Å². The van der Waals surface area contributed by atoms with Crippen molar-refractivity contribution in [3.63, 3.8) is 0 Å². The molecule has 5 heteroatoms. The van der Waals surface area contributed by atoms with Crippen LogP contribution in [0.4, 0.5) is 5.69 Å². The van der Waals surface area contributed by atoms with Gasteiger partial charge in [0, 0.05) is 38.6 Å². The third-order valence-corrected chi connectivity index (χ3v) is 3.74. The first kappa shape index (κ1) is 15.8. The summed E-state index contributed by atoms with van der Waals surface area (Å²) in [6, 6.07) is 1.92. The van der Waals surface area contributed by atoms with Crippen molar-refractivity contribution in [1.82, 2.24) is 9.88 Å². The molecule has 0 saturated carbocycles. The van der Waals surface area contributed by atoms with E-state index in [1.807, 2.05) is 27.0 Å². The number of aromatic nitrogens is 1. The molecule has 21 heavy (non-hydrogen) atoms. The molecule has 1 aromatic heterocycles. The van der Waals surface area contributed by atoms with Gasteiger partial charge < -0.3 is 15.0 Å². The smallest absolute Gasteiger partial charge is 0.257 e. The van der Waals surface area contributed by atoms with Crippen LogP contribution in [0.15, 0.2) is 12.3 Å². The first-order valence-corrected chi connectivity index (χ1v) is 7.69. The van der Waals surface area contributed by atoms with Crippen LogP contribution in [0.2, 0.25) is 0 Å². The normalized spacial score (nSPS) is 18.3. The largest absolute Gasteiger partial charge is 0.385 e. The zero-order chi connectivity index (χ0) is 15.2. The van der Waals surface area contributed by atoms with E-state index in [0.29, 0.717) is 12.1 Å². The molecule has 5 nitrogen and oxygen atoms in total. The van der Waals surface area contributed by atoms with Gasteiger partial charge in [0.1, 0.15) is 0 Å². The number of hydrogen-bond acceptors (Lipinski definition) is 4. The van der Waals surface area contributed by atoms with Crippen LogP contribution < -0.4 is 5.32 Å². The Balaban J connectivity index is 2.07. The topological polar surface area (TPSA) is 54.5 Å². The van der Waals surface area contributed by atoms with Crippen LogP contribution >= 0.6 is 0 Å². The van der Waals surface area contributed by atoms with Gasteiger partial charge in [0.05, 0.1) is 17.4 Å². The highest BCUT2D eigenvalue weighted by Crippen LogP contribution is 2.19. The van der Waals surface area contributed by atoms with Crippen molar-refractivity contribution in [3.05, 3.63) is 23.5 Å². The summed E-state index contributed by atoms with van der Waals surface area (Å²) in [6.45, 7) is 6.16. The molecule has 1 N–H and O–H groups in total. The molecule has 0 aromatic carbocycles. The van der Waals surface area contributed by atoms with Crippen molar-refractivity contribution >= 4 is 11.6 Å². The van der Waals surface area contributed by atoms with Crippen molar-refractivity contribution in [1.29, 1.82) is 0 Å². The molecule has 0 aliphatic carbocycles. The van der Waals surface area contributed by atoms with Gasteiger partial charge in [-0.2, -0.15) is 0 Å². The molecule has 2 heterocycles. The van der Waals surface area contributed by atoms with Crippen molar-refractivity contribution in [2.75, 3.05) is 32.1 Å². The summed E-state index contributed by atoms with van der Waals surface area (Å²) in [7, 11) is 1.83. The molecule has 1 unspecified atom stereocenters. The van der Waals surface area contributed by atoms with Gasteiger partial charge >= 0.3 is 0 Å². The standard InChI is InChI=1S/C16H25N3O2/c1-4-17-15-9-12(2)18-10-14(15)16(20)19(3)11-13-7-5-6-8-21-13/h9-10,13H,4-8,11H2,1-3H3,(H,17,18). The maximum Gasteiger partial charge on any atom is 0.257 e. The van der Waals surface area contributed by atoms with Gasteiger partial charge in [-0.15, -0.1) is 0 Å². The quantitative estimate of drug-likeness (QED) is 0.905. The number of hydrogen-bond donors (Lipinski definition) is 1. The van der Waals surface area contributed by atoms with Crippen LogP contribution in [0.5, 0.6) is 0 Å². The number of carbonyl (C=O) groups excluding carboxylic acids is 1. The molecular formula is C16H25N3O2. The van der Waals surface area contributed by atoms with Gasteiger partial charge in [-0.1, -0.05) is 0 Å². The molecule has 1 atom stereocenters. The molecule has 1 aromatic rings. The summed E-state index contributed by atoms with van der Waals surface area (Å²) >= 11 is 0. The summed E-state index contributed by atoms with van der Waals surface area (Å²) in [5.74, 6) is -0.00683. The van der Waals surface area contributed by atoms with Gasteiger partial charge in [-0.05, 0) is 39.2 Å². The zero-order valence-electron chi connectivity index (χ0n) is 13.2. The van der Waals surface area contributed by atoms with Crippen LogP contribution in [-0.2, 0) is 4.74 Å². The number of nitrogens with zero attached hydrogens (tertiary/aromatic N) is 2. The summed E-state index contributed by atoms with van der Waals surface area (Å²) in [5.41, 5.74) is 2.38. The lowest BCUT2D eigenvalue weighted by atomic mass is 10.1. The van der Waals surface area contributed by atoms with Crippen LogP contribution in [0.3, 0.4) is 0 Å². The fourth-order valence-corrected chi connectivity index (χ4v) is 2.61. The number of anilines is 1. The lowest BCUT2D eigenvalue weighted by molar-refractivity contribution is -0.000179. The Bertz CT molecular complexity index is 484. The third-order valence-electron chi connectivity index (χ3n) is 3.74. The van der Waals surface area contributed by atoms with E-state index in [4.69, 9.17) is 4.74 Å². The highest BCUT2D eigenvalue weighted by atomic mass is 16.5. The molecule has 0 spiro atoms. The first-order valence-electron chi connectivity index (χ1n) is 7.69. The Labute approximate surface area is 126 Å². The third kappa shape index (κ3) is 4.17. The molecule has 1 amide bonds. The minimum absolute atomic E-state index is 0.00683. The van der Waals surface area contributed by atoms with Crippen molar-refractivity contribution < 1.29 is 9.53 Å². The van der Waals surface area contributed by atoms with Crippen LogP contribution in [0.25, 0.3) is 0 Å². The number of amides is 1. The second-order valence-corrected chi connectivity index (χ2v) is 5.58. The van der Waals surface area contributed by atoms with E-state index in [1.165, 1.54) is 6.42 Å². The SMILES string of the molecule is CCNc1cc(C)ncc1C(=O)N(C)CC1CCCCO1. The second kappa shape index (κ2) is 7.41. The Morgan fingerprint density at radius 3 is 3.00 bits per heavy atom. The van der Waals surface area contributed by atoms with Crippen molar-refractivity contribution in [2.24, 2.45) is 0 Å². The molecule has 1 aliphatic heterocycles. The number of aryl methyl sites for hydroxylation is 1. The Hall–Kier alpha value is -1.62. The summed E-state index contributed by atoms with van der Waals surface area (Å²) in [5, 5.41) is 3.24. The lowest BCUT2D eigenvalue weighted by Gasteiger charge is -2.28. The van der Waals surface area contributed by atoms with Crippen LogP contribution in [0, 0.1) is 6.92 Å². The highest BCUT2D eigenvalue weighted by Gasteiger charge is 2.21. The number of pyridine rings is 1. The van der Waals surface area contributed by atoms with E-state index in [0.717, 1.165) is 37.4 Å². The number of carbonyl (C=O) groups is 1. The minimum Gasteiger partial charge on any atom is -0.385 e. The average Bonchev–Trinajstić information content (AvgIpc) is 2.48. The number of ether oxygens (including phenoxy) is 1. The predicted molar refractivity (Wildman–Crippen MR) is 83.7 cm³/mol. The summed E-state index contributed by atoms with van der Waals surface area (Å²) < 4.78 is 5.71. The zero-order valence-corrected chi connectivity index (χ0v) is 13.2. The van der Waals surface area contributed by atoms with Gasteiger partial charge in [-0.25, -0.2) is 0 Å². The molecule has 1 saturated heterocycles. The monoisotopic (exact) mass is 291 g/mol. The number of rotatable bonds is 5. The average molecular weight is 291 g/mol. The predicted octanol–water partition coefficient (Wildman–Crippen LogP) is 2.46. The molecule has 2 rings (SSSR count). The maximum atomic E-state index is 12.6. The molecule has 0 bridgehead atoms. The Kier molecular flexibility index (Phi) is 5.56. The van der Waals surface area contributed by atoms with Crippen LogP contribution in [-0.4, -0.2) is 48.6 Å². The molecule has 116 valence electrons. The fourth-order valence-electron chi connectivity index (χ4n) is 2.61. The van der Waals surface area contributed by atoms with E-state index in [9.17, 15) is 4.79 Å². The first-order chi connectivity index (χ1) is 10.1. The lowest BCUT2D eigenvalue weighted by Crippen LogP contribution is -2.37. The Morgan fingerprint density at radius 2 is 2.33 bits per heavy atom. The number of nitrogens with one attached hydrogen (secondary N) is 1. The van der Waals surface area contributed by atoms with E-state index >= 15 is 0 Å². The molecule has 1 aliphatic rings. The van der Waals surface area contributed by atoms with Crippen LogP contribution in [0.1, 0.15) is 42.2 Å². The fraction of sp³-hybridized carbons (Fsp3) is 0.625. The van der Waals surface area contributed by atoms with Crippen molar-refractivity contribution in [3.8, 4) is 0 Å².